The van der Waals surface area contributed by atoms with Gasteiger partial charge < -0.3 is 14.6 Å². The molecule has 1 saturated carbocycles. The number of methoxy groups -OCH3 is 1. The van der Waals surface area contributed by atoms with Crippen LogP contribution in [-0.2, 0) is 4.74 Å². The fourth-order valence-electron chi connectivity index (χ4n) is 3.43. The quantitative estimate of drug-likeness (QED) is 0.857. The molecule has 0 amide bonds. The third-order valence-corrected chi connectivity index (χ3v) is 4.87. The number of aliphatic hydroxyl groups is 1. The molecular weight excluding hydrogens is 308 g/mol. The minimum atomic E-state index is -0.465. The zero-order chi connectivity index (χ0) is 13.5. The van der Waals surface area contributed by atoms with E-state index in [2.05, 4.69) is 15.9 Å². The smallest absolute Gasteiger partial charge is 0.138 e. The Hall–Kier alpha value is -0.580. The van der Waals surface area contributed by atoms with E-state index in [1.807, 2.05) is 18.2 Å². The van der Waals surface area contributed by atoms with Crippen LogP contribution in [0, 0.1) is 0 Å². The Morgan fingerprint density at radius 1 is 1.42 bits per heavy atom. The molecule has 1 aliphatic heterocycles. The van der Waals surface area contributed by atoms with E-state index in [0.717, 1.165) is 35.0 Å². The summed E-state index contributed by atoms with van der Waals surface area (Å²) >= 11 is 3.46. The van der Waals surface area contributed by atoms with Gasteiger partial charge in [-0.25, -0.2) is 0 Å². The van der Waals surface area contributed by atoms with Crippen molar-refractivity contribution in [2.75, 3.05) is 7.11 Å². The van der Waals surface area contributed by atoms with Crippen molar-refractivity contribution < 1.29 is 14.6 Å². The maximum atomic E-state index is 10.4. The fraction of sp³-hybridized carbons (Fsp3) is 0.600. The van der Waals surface area contributed by atoms with Gasteiger partial charge in [0.15, 0.2) is 0 Å². The van der Waals surface area contributed by atoms with Gasteiger partial charge in [0.1, 0.15) is 11.4 Å². The number of fused-ring (bicyclic) bond motifs is 1. The maximum Gasteiger partial charge on any atom is 0.138 e. The summed E-state index contributed by atoms with van der Waals surface area (Å²) in [7, 11) is 1.74. The molecule has 2 aliphatic rings. The van der Waals surface area contributed by atoms with Crippen LogP contribution in [0.3, 0.4) is 0 Å². The number of benzene rings is 1. The second-order valence-electron chi connectivity index (χ2n) is 5.54. The van der Waals surface area contributed by atoms with E-state index in [-0.39, 0.29) is 11.7 Å². The van der Waals surface area contributed by atoms with Gasteiger partial charge in [-0.3, -0.25) is 0 Å². The molecule has 1 heterocycles. The van der Waals surface area contributed by atoms with E-state index < -0.39 is 6.10 Å². The molecule has 4 heteroatoms. The first-order valence-corrected chi connectivity index (χ1v) is 7.63. The van der Waals surface area contributed by atoms with Crippen LogP contribution in [0.2, 0.25) is 0 Å². The largest absolute Gasteiger partial charge is 0.484 e. The van der Waals surface area contributed by atoms with Crippen molar-refractivity contribution in [1.29, 1.82) is 0 Å². The average molecular weight is 327 g/mol. The topological polar surface area (TPSA) is 38.7 Å². The zero-order valence-electron chi connectivity index (χ0n) is 11.1. The molecular formula is C15H19BrO3. The van der Waals surface area contributed by atoms with Crippen molar-refractivity contribution in [3.8, 4) is 5.75 Å². The first kappa shape index (κ1) is 13.4. The Morgan fingerprint density at radius 2 is 2.26 bits per heavy atom. The molecule has 0 aromatic heterocycles. The van der Waals surface area contributed by atoms with Crippen LogP contribution in [0.25, 0.3) is 0 Å². The van der Waals surface area contributed by atoms with E-state index in [4.69, 9.17) is 9.47 Å². The lowest BCUT2D eigenvalue weighted by molar-refractivity contribution is -0.130. The molecule has 3 rings (SSSR count). The molecule has 1 aromatic carbocycles. The summed E-state index contributed by atoms with van der Waals surface area (Å²) in [5.74, 6) is 0.789. The van der Waals surface area contributed by atoms with Crippen molar-refractivity contribution in [2.45, 2.75) is 49.9 Å². The first-order valence-electron chi connectivity index (χ1n) is 6.84. The highest BCUT2D eigenvalue weighted by molar-refractivity contribution is 9.10. The molecule has 0 radical (unpaired) electrons. The zero-order valence-corrected chi connectivity index (χ0v) is 12.6. The standard InChI is InChI=1S/C15H19BrO3/c1-18-14-4-2-3-7-15(14)9-12(17)11-6-5-10(16)8-13(11)19-15/h5-6,8,12,14,17H,2-4,7,9H2,1H3/t12-,14?,15?/m0/s1. The highest BCUT2D eigenvalue weighted by Crippen LogP contribution is 2.47. The lowest BCUT2D eigenvalue weighted by Gasteiger charge is -2.47. The highest BCUT2D eigenvalue weighted by Gasteiger charge is 2.48. The lowest BCUT2D eigenvalue weighted by atomic mass is 9.75. The fourth-order valence-corrected chi connectivity index (χ4v) is 3.77. The average Bonchev–Trinajstić information content (AvgIpc) is 2.38. The van der Waals surface area contributed by atoms with Gasteiger partial charge in [0.25, 0.3) is 0 Å². The highest BCUT2D eigenvalue weighted by atomic mass is 79.9. The van der Waals surface area contributed by atoms with Gasteiger partial charge in [0.05, 0.1) is 12.2 Å². The van der Waals surface area contributed by atoms with E-state index in [9.17, 15) is 5.11 Å². The van der Waals surface area contributed by atoms with Crippen LogP contribution in [-0.4, -0.2) is 23.9 Å². The predicted octanol–water partition coefficient (Wildman–Crippen LogP) is 3.59. The Bertz CT molecular complexity index is 476. The number of hydrogen-bond acceptors (Lipinski definition) is 3. The number of rotatable bonds is 1. The Kier molecular flexibility index (Phi) is 3.58. The summed E-state index contributed by atoms with van der Waals surface area (Å²) in [5.41, 5.74) is 0.523. The van der Waals surface area contributed by atoms with Gasteiger partial charge in [-0.15, -0.1) is 0 Å². The van der Waals surface area contributed by atoms with Crippen molar-refractivity contribution >= 4 is 15.9 Å². The molecule has 104 valence electrons. The monoisotopic (exact) mass is 326 g/mol. The van der Waals surface area contributed by atoms with E-state index in [1.165, 1.54) is 6.42 Å². The summed E-state index contributed by atoms with van der Waals surface area (Å²) in [6.07, 6.45) is 4.50. The van der Waals surface area contributed by atoms with Crippen LogP contribution in [0.5, 0.6) is 5.75 Å². The number of halogens is 1. The molecule has 0 bridgehead atoms. The van der Waals surface area contributed by atoms with E-state index >= 15 is 0 Å². The molecule has 1 N–H and O–H groups in total. The van der Waals surface area contributed by atoms with Crippen LogP contribution in [0.4, 0.5) is 0 Å². The second kappa shape index (κ2) is 5.08. The normalized spacial score (nSPS) is 33.8. The van der Waals surface area contributed by atoms with E-state index in [0.29, 0.717) is 6.42 Å². The van der Waals surface area contributed by atoms with Crippen molar-refractivity contribution in [2.24, 2.45) is 0 Å². The van der Waals surface area contributed by atoms with Crippen molar-refractivity contribution in [1.82, 2.24) is 0 Å². The molecule has 3 atom stereocenters. The molecule has 1 aliphatic carbocycles. The summed E-state index contributed by atoms with van der Waals surface area (Å²) in [6, 6.07) is 5.82. The third-order valence-electron chi connectivity index (χ3n) is 4.37. The maximum absolute atomic E-state index is 10.4. The molecule has 1 spiro atoms. The number of hydrogen-bond donors (Lipinski definition) is 1. The molecule has 1 aromatic rings. The summed E-state index contributed by atoms with van der Waals surface area (Å²) in [6.45, 7) is 0. The van der Waals surface area contributed by atoms with Gasteiger partial charge in [-0.05, 0) is 31.4 Å². The lowest BCUT2D eigenvalue weighted by Crippen LogP contribution is -2.53. The van der Waals surface area contributed by atoms with Gasteiger partial charge in [-0.1, -0.05) is 28.4 Å². The third kappa shape index (κ3) is 2.30. The second-order valence-corrected chi connectivity index (χ2v) is 6.45. The van der Waals surface area contributed by atoms with Gasteiger partial charge >= 0.3 is 0 Å². The number of aliphatic hydroxyl groups excluding tert-OH is 1. The van der Waals surface area contributed by atoms with Crippen LogP contribution >= 0.6 is 15.9 Å². The molecule has 1 fully saturated rings. The minimum absolute atomic E-state index is 0.0723. The predicted molar refractivity (Wildman–Crippen MR) is 76.3 cm³/mol. The van der Waals surface area contributed by atoms with E-state index in [1.54, 1.807) is 7.11 Å². The summed E-state index contributed by atoms with van der Waals surface area (Å²) in [4.78, 5) is 0. The number of ether oxygens (including phenoxy) is 2. The molecule has 0 saturated heterocycles. The summed E-state index contributed by atoms with van der Waals surface area (Å²) < 4.78 is 12.9. The van der Waals surface area contributed by atoms with Crippen LogP contribution in [0.1, 0.15) is 43.8 Å². The Labute approximate surface area is 122 Å². The molecule has 2 unspecified atom stereocenters. The van der Waals surface area contributed by atoms with Gasteiger partial charge in [0, 0.05) is 23.6 Å². The van der Waals surface area contributed by atoms with Crippen LogP contribution in [0.15, 0.2) is 22.7 Å². The Morgan fingerprint density at radius 3 is 3.05 bits per heavy atom. The van der Waals surface area contributed by atoms with Gasteiger partial charge in [-0.2, -0.15) is 0 Å². The molecule has 3 nitrogen and oxygen atoms in total. The van der Waals surface area contributed by atoms with Crippen LogP contribution < -0.4 is 4.74 Å². The van der Waals surface area contributed by atoms with Gasteiger partial charge in [0.2, 0.25) is 0 Å². The Balaban J connectivity index is 1.98. The molecule has 19 heavy (non-hydrogen) atoms. The van der Waals surface area contributed by atoms with Crippen molar-refractivity contribution in [3.05, 3.63) is 28.2 Å². The SMILES string of the molecule is COC1CCCCC12C[C@H](O)c1ccc(Br)cc1O2. The van der Waals surface area contributed by atoms with Crippen molar-refractivity contribution in [3.63, 3.8) is 0 Å². The summed E-state index contributed by atoms with van der Waals surface area (Å²) in [5, 5.41) is 10.4. The first-order chi connectivity index (χ1) is 9.14. The minimum Gasteiger partial charge on any atom is -0.484 e.